The molecule has 0 radical (unpaired) electrons. The summed E-state index contributed by atoms with van der Waals surface area (Å²) in [6.07, 6.45) is 1.12. The zero-order valence-corrected chi connectivity index (χ0v) is 7.40. The molecule has 0 fully saturated rings. The maximum atomic E-state index is 9.55. The Morgan fingerprint density at radius 3 is 1.27 bits per heavy atom. The molecule has 0 aliphatic carbocycles. The van der Waals surface area contributed by atoms with Crippen molar-refractivity contribution in [3.05, 3.63) is 25.3 Å². The van der Waals surface area contributed by atoms with Crippen molar-refractivity contribution >= 4 is 35.0 Å². The summed E-state index contributed by atoms with van der Waals surface area (Å²) < 4.78 is 0. The molecular formula is C6H8MgO4+2. The van der Waals surface area contributed by atoms with Gasteiger partial charge in [0.05, 0.1) is 0 Å². The molecule has 0 rings (SSSR count). The van der Waals surface area contributed by atoms with Crippen molar-refractivity contribution in [1.29, 1.82) is 0 Å². The molecule has 0 bridgehead atoms. The number of aliphatic carboxylic acids is 2. The standard InChI is InChI=1S/C4H4O4.C2H4.Mg/c5-3(6)1-2-4(7)8;1-2;/h1-2H,(H,5,6)(H,7,8);1-2H2;/q;;+2/b2-1-;;. The van der Waals surface area contributed by atoms with Crippen molar-refractivity contribution in [2.45, 2.75) is 0 Å². The molecule has 0 saturated heterocycles. The van der Waals surface area contributed by atoms with E-state index < -0.39 is 11.9 Å². The Morgan fingerprint density at radius 1 is 1.00 bits per heavy atom. The number of carbonyl (C=O) groups is 2. The normalized spacial score (nSPS) is 7.27. The minimum atomic E-state index is -1.26. The second-order valence-electron chi connectivity index (χ2n) is 1.01. The van der Waals surface area contributed by atoms with Crippen LogP contribution in [0, 0.1) is 0 Å². The van der Waals surface area contributed by atoms with Crippen molar-refractivity contribution in [2.75, 3.05) is 0 Å². The number of hydrogen-bond donors (Lipinski definition) is 2. The summed E-state index contributed by atoms with van der Waals surface area (Å²) in [5, 5.41) is 15.6. The van der Waals surface area contributed by atoms with Gasteiger partial charge in [-0.25, -0.2) is 9.59 Å². The predicted octanol–water partition coefficient (Wildman–Crippen LogP) is 0.133. The van der Waals surface area contributed by atoms with Crippen LogP contribution in [0.15, 0.2) is 25.3 Å². The number of hydrogen-bond acceptors (Lipinski definition) is 2. The van der Waals surface area contributed by atoms with Crippen LogP contribution in [-0.4, -0.2) is 45.2 Å². The first-order chi connectivity index (χ1) is 4.63. The number of carboxylic acid groups (broad SMARTS) is 2. The fourth-order valence-electron chi connectivity index (χ4n) is 0.143. The Hall–Kier alpha value is -0.814. The van der Waals surface area contributed by atoms with E-state index in [4.69, 9.17) is 10.2 Å². The van der Waals surface area contributed by atoms with Gasteiger partial charge in [-0.05, 0) is 0 Å². The van der Waals surface area contributed by atoms with Gasteiger partial charge in [-0.1, -0.05) is 0 Å². The first-order valence-corrected chi connectivity index (χ1v) is 2.27. The van der Waals surface area contributed by atoms with Crippen molar-refractivity contribution < 1.29 is 19.8 Å². The summed E-state index contributed by atoms with van der Waals surface area (Å²) >= 11 is 0. The van der Waals surface area contributed by atoms with Crippen LogP contribution in [0.1, 0.15) is 0 Å². The molecule has 0 aromatic carbocycles. The Kier molecular flexibility index (Phi) is 18.0. The predicted molar refractivity (Wildman–Crippen MR) is 41.4 cm³/mol. The van der Waals surface area contributed by atoms with Crippen LogP contribution >= 0.6 is 0 Å². The van der Waals surface area contributed by atoms with Crippen LogP contribution in [0.3, 0.4) is 0 Å². The van der Waals surface area contributed by atoms with E-state index in [1.165, 1.54) is 0 Å². The second kappa shape index (κ2) is 11.9. The van der Waals surface area contributed by atoms with Crippen molar-refractivity contribution in [3.63, 3.8) is 0 Å². The summed E-state index contributed by atoms with van der Waals surface area (Å²) in [7, 11) is 0. The monoisotopic (exact) mass is 168 g/mol. The molecule has 0 spiro atoms. The summed E-state index contributed by atoms with van der Waals surface area (Å²) in [4.78, 5) is 19.1. The summed E-state index contributed by atoms with van der Waals surface area (Å²) in [5.74, 6) is -2.51. The first-order valence-electron chi connectivity index (χ1n) is 2.27. The Labute approximate surface area is 80.4 Å². The fourth-order valence-corrected chi connectivity index (χ4v) is 0.143. The molecule has 2 N–H and O–H groups in total. The van der Waals surface area contributed by atoms with Gasteiger partial charge in [0.25, 0.3) is 0 Å². The number of rotatable bonds is 2. The SMILES string of the molecule is C=C.O=C(O)/C=C\C(=O)O.[Mg+2]. The third-order valence-electron chi connectivity index (χ3n) is 0.368. The maximum Gasteiger partial charge on any atom is 2.00 e. The zero-order valence-electron chi connectivity index (χ0n) is 5.99. The average Bonchev–Trinajstić information content (AvgIpc) is 1.89. The topological polar surface area (TPSA) is 74.6 Å². The smallest absolute Gasteiger partial charge is 0.478 e. The minimum Gasteiger partial charge on any atom is -0.478 e. The average molecular weight is 168 g/mol. The van der Waals surface area contributed by atoms with E-state index in [-0.39, 0.29) is 23.1 Å². The Morgan fingerprint density at radius 2 is 1.18 bits per heavy atom. The van der Waals surface area contributed by atoms with Crippen LogP contribution in [0.2, 0.25) is 0 Å². The molecule has 0 atom stereocenters. The summed E-state index contributed by atoms with van der Waals surface area (Å²) in [6, 6.07) is 0. The first kappa shape index (κ1) is 16.6. The van der Waals surface area contributed by atoms with Gasteiger partial charge in [0.15, 0.2) is 0 Å². The van der Waals surface area contributed by atoms with Gasteiger partial charge in [-0.15, -0.1) is 13.2 Å². The van der Waals surface area contributed by atoms with Crippen LogP contribution in [0.4, 0.5) is 0 Å². The van der Waals surface area contributed by atoms with E-state index in [0.717, 1.165) is 0 Å². The van der Waals surface area contributed by atoms with Gasteiger partial charge in [0, 0.05) is 12.2 Å². The third kappa shape index (κ3) is 27.1. The van der Waals surface area contributed by atoms with Crippen LogP contribution < -0.4 is 0 Å². The molecule has 0 amide bonds. The summed E-state index contributed by atoms with van der Waals surface area (Å²) in [5.41, 5.74) is 0. The quantitative estimate of drug-likeness (QED) is 0.349. The van der Waals surface area contributed by atoms with Gasteiger partial charge in [-0.2, -0.15) is 0 Å². The van der Waals surface area contributed by atoms with Crippen LogP contribution in [0.25, 0.3) is 0 Å². The van der Waals surface area contributed by atoms with E-state index in [1.54, 1.807) is 0 Å². The van der Waals surface area contributed by atoms with Gasteiger partial charge < -0.3 is 10.2 Å². The fraction of sp³-hybridized carbons (Fsp3) is 0. The van der Waals surface area contributed by atoms with Gasteiger partial charge in [0.1, 0.15) is 0 Å². The van der Waals surface area contributed by atoms with Crippen molar-refractivity contribution in [3.8, 4) is 0 Å². The van der Waals surface area contributed by atoms with Gasteiger partial charge in [0.2, 0.25) is 0 Å². The van der Waals surface area contributed by atoms with E-state index in [9.17, 15) is 9.59 Å². The van der Waals surface area contributed by atoms with Gasteiger partial charge in [-0.3, -0.25) is 0 Å². The summed E-state index contributed by atoms with van der Waals surface area (Å²) in [6.45, 7) is 6.00. The Bertz CT molecular complexity index is 137. The molecule has 0 aromatic rings. The van der Waals surface area contributed by atoms with E-state index in [2.05, 4.69) is 13.2 Å². The molecular weight excluding hydrogens is 160 g/mol. The van der Waals surface area contributed by atoms with Crippen LogP contribution in [0.5, 0.6) is 0 Å². The molecule has 0 saturated carbocycles. The van der Waals surface area contributed by atoms with Crippen molar-refractivity contribution in [1.82, 2.24) is 0 Å². The molecule has 56 valence electrons. The molecule has 11 heavy (non-hydrogen) atoms. The van der Waals surface area contributed by atoms with E-state index in [0.29, 0.717) is 12.2 Å². The molecule has 0 heterocycles. The molecule has 0 aromatic heterocycles. The van der Waals surface area contributed by atoms with Crippen molar-refractivity contribution in [2.24, 2.45) is 0 Å². The zero-order chi connectivity index (χ0) is 8.57. The maximum absolute atomic E-state index is 9.55. The third-order valence-corrected chi connectivity index (χ3v) is 0.368. The second-order valence-corrected chi connectivity index (χ2v) is 1.01. The van der Waals surface area contributed by atoms with Gasteiger partial charge >= 0.3 is 35.0 Å². The van der Waals surface area contributed by atoms with Crippen LogP contribution in [-0.2, 0) is 9.59 Å². The molecule has 0 aliphatic heterocycles. The Balaban J connectivity index is -0.000000196. The molecule has 5 heteroatoms. The molecule has 4 nitrogen and oxygen atoms in total. The minimum absolute atomic E-state index is 0. The molecule has 0 aliphatic rings. The number of carboxylic acids is 2. The molecule has 0 unspecified atom stereocenters. The van der Waals surface area contributed by atoms with E-state index >= 15 is 0 Å². The largest absolute Gasteiger partial charge is 2.00 e. The van der Waals surface area contributed by atoms with E-state index in [1.807, 2.05) is 0 Å².